The highest BCUT2D eigenvalue weighted by Gasteiger charge is 2.25. The average Bonchev–Trinajstić information content (AvgIpc) is 2.73. The molecule has 0 radical (unpaired) electrons. The van der Waals surface area contributed by atoms with Crippen molar-refractivity contribution < 1.29 is 18.0 Å². The topological polar surface area (TPSA) is 70.2 Å². The van der Waals surface area contributed by atoms with Gasteiger partial charge in [0.15, 0.2) is 0 Å². The van der Waals surface area contributed by atoms with Crippen molar-refractivity contribution in [3.63, 3.8) is 0 Å². The normalized spacial score (nSPS) is 15.1. The van der Waals surface area contributed by atoms with E-state index in [1.807, 2.05) is 12.1 Å². The third kappa shape index (κ3) is 4.04. The van der Waals surface area contributed by atoms with Crippen LogP contribution >= 0.6 is 0 Å². The highest BCUT2D eigenvalue weighted by Crippen LogP contribution is 2.22. The van der Waals surface area contributed by atoms with Gasteiger partial charge in [0.05, 0.1) is 12.0 Å². The minimum atomic E-state index is -3.79. The van der Waals surface area contributed by atoms with E-state index in [0.29, 0.717) is 18.7 Å². The fourth-order valence-electron chi connectivity index (χ4n) is 3.29. The molecule has 7 nitrogen and oxygen atoms in total. The monoisotopic (exact) mass is 403 g/mol. The molecule has 0 aliphatic carbocycles. The van der Waals surface area contributed by atoms with Crippen LogP contribution in [0, 0.1) is 6.92 Å². The third-order valence-corrected chi connectivity index (χ3v) is 6.67. The lowest BCUT2D eigenvalue weighted by molar-refractivity contribution is -0.0258. The summed E-state index contributed by atoms with van der Waals surface area (Å²) < 4.78 is 25.6. The van der Waals surface area contributed by atoms with E-state index >= 15 is 0 Å². The molecule has 8 heteroatoms. The fraction of sp³-hybridized carbons (Fsp3) is 0.350. The van der Waals surface area contributed by atoms with Crippen LogP contribution in [0.15, 0.2) is 53.4 Å². The van der Waals surface area contributed by atoms with Crippen molar-refractivity contribution in [3.05, 3.63) is 59.7 Å². The Labute approximate surface area is 166 Å². The molecule has 0 bridgehead atoms. The molecule has 0 N–H and O–H groups in total. The number of sulfonamides is 1. The van der Waals surface area contributed by atoms with E-state index in [4.69, 9.17) is 4.84 Å². The molecule has 0 aromatic heterocycles. The number of para-hydroxylation sites is 1. The Hall–Kier alpha value is -2.42. The number of rotatable bonds is 5. The number of piperazine rings is 1. The lowest BCUT2D eigenvalue weighted by Crippen LogP contribution is -2.49. The zero-order chi connectivity index (χ0) is 20.3. The van der Waals surface area contributed by atoms with E-state index in [0.717, 1.165) is 17.6 Å². The van der Waals surface area contributed by atoms with Crippen LogP contribution in [0.5, 0.6) is 0 Å². The zero-order valence-electron chi connectivity index (χ0n) is 16.3. The molecular formula is C20H25N3O4S. The number of anilines is 1. The highest BCUT2D eigenvalue weighted by atomic mass is 32.2. The maximum absolute atomic E-state index is 12.9. The van der Waals surface area contributed by atoms with E-state index in [-0.39, 0.29) is 10.8 Å². The molecule has 150 valence electrons. The van der Waals surface area contributed by atoms with Crippen LogP contribution < -0.4 is 4.90 Å². The van der Waals surface area contributed by atoms with Gasteiger partial charge in [0.1, 0.15) is 0 Å². The number of hydrogen-bond acceptors (Lipinski definition) is 5. The minimum absolute atomic E-state index is 0.0289. The Balaban J connectivity index is 1.72. The molecule has 2 aromatic rings. The van der Waals surface area contributed by atoms with Crippen LogP contribution in [-0.2, 0) is 14.9 Å². The van der Waals surface area contributed by atoms with E-state index in [1.165, 1.54) is 37.5 Å². The Morgan fingerprint density at radius 3 is 2.36 bits per heavy atom. The number of benzene rings is 2. The Kier molecular flexibility index (Phi) is 6.02. The molecule has 0 atom stereocenters. The van der Waals surface area contributed by atoms with Gasteiger partial charge in [-0.15, -0.1) is 0 Å². The van der Waals surface area contributed by atoms with Gasteiger partial charge in [0.2, 0.25) is 0 Å². The van der Waals surface area contributed by atoms with Crippen LogP contribution in [0.3, 0.4) is 0 Å². The first kappa shape index (κ1) is 20.3. The second-order valence-corrected chi connectivity index (χ2v) is 8.63. The third-order valence-electron chi connectivity index (χ3n) is 5.00. The van der Waals surface area contributed by atoms with Crippen LogP contribution in [0.25, 0.3) is 0 Å². The molecule has 3 rings (SSSR count). The lowest BCUT2D eigenvalue weighted by Gasteiger charge is -2.36. The Morgan fingerprint density at radius 2 is 1.71 bits per heavy atom. The maximum Gasteiger partial charge on any atom is 0.264 e. The average molecular weight is 404 g/mol. The number of amides is 1. The van der Waals surface area contributed by atoms with Gasteiger partial charge in [-0.3, -0.25) is 9.63 Å². The second kappa shape index (κ2) is 8.30. The molecule has 0 spiro atoms. The second-order valence-electron chi connectivity index (χ2n) is 6.69. The van der Waals surface area contributed by atoms with Crippen LogP contribution in [0.1, 0.15) is 15.9 Å². The Bertz CT molecular complexity index is 953. The van der Waals surface area contributed by atoms with Gasteiger partial charge < -0.3 is 9.80 Å². The molecular weight excluding hydrogens is 378 g/mol. The van der Waals surface area contributed by atoms with Crippen LogP contribution in [-0.4, -0.2) is 64.0 Å². The standard InChI is InChI=1S/C20H25N3O4S/c1-16-7-4-5-10-19(16)22-11-13-23(14-12-22)20(24)17-8-6-9-18(15-17)28(25,26)21(2)27-3/h4-10,15H,11-14H2,1-3H3. The summed E-state index contributed by atoms with van der Waals surface area (Å²) in [5, 5.41) is 0. The molecule has 2 aromatic carbocycles. The molecule has 1 saturated heterocycles. The summed E-state index contributed by atoms with van der Waals surface area (Å²) in [7, 11) is -1.20. The van der Waals surface area contributed by atoms with Crippen LogP contribution in [0.2, 0.25) is 0 Å². The highest BCUT2D eigenvalue weighted by molar-refractivity contribution is 7.89. The molecule has 1 heterocycles. The first-order valence-corrected chi connectivity index (χ1v) is 10.5. The molecule has 1 aliphatic heterocycles. The predicted molar refractivity (Wildman–Crippen MR) is 108 cm³/mol. The summed E-state index contributed by atoms with van der Waals surface area (Å²) in [6, 6.07) is 14.3. The smallest absolute Gasteiger partial charge is 0.264 e. The summed E-state index contributed by atoms with van der Waals surface area (Å²) in [6.45, 7) is 4.72. The van der Waals surface area contributed by atoms with Crippen molar-refractivity contribution in [3.8, 4) is 0 Å². The van der Waals surface area contributed by atoms with E-state index in [2.05, 4.69) is 24.0 Å². The summed E-state index contributed by atoms with van der Waals surface area (Å²) in [5.41, 5.74) is 2.75. The van der Waals surface area contributed by atoms with Crippen molar-refractivity contribution >= 4 is 21.6 Å². The molecule has 1 aliphatic rings. The van der Waals surface area contributed by atoms with Crippen molar-refractivity contribution in [2.24, 2.45) is 0 Å². The zero-order valence-corrected chi connectivity index (χ0v) is 17.1. The SMILES string of the molecule is CON(C)S(=O)(=O)c1cccc(C(=O)N2CCN(c3ccccc3C)CC2)c1. The molecule has 1 fully saturated rings. The van der Waals surface area contributed by atoms with Gasteiger partial charge in [0, 0.05) is 44.5 Å². The first-order valence-electron chi connectivity index (χ1n) is 9.07. The minimum Gasteiger partial charge on any atom is -0.368 e. The first-order chi connectivity index (χ1) is 13.3. The van der Waals surface area contributed by atoms with Crippen molar-refractivity contribution in [2.45, 2.75) is 11.8 Å². The van der Waals surface area contributed by atoms with E-state index in [9.17, 15) is 13.2 Å². The number of hydroxylamine groups is 1. The number of nitrogens with zero attached hydrogens (tertiary/aromatic N) is 3. The van der Waals surface area contributed by atoms with Gasteiger partial charge in [-0.1, -0.05) is 28.7 Å². The van der Waals surface area contributed by atoms with Gasteiger partial charge in [-0.25, -0.2) is 8.42 Å². The van der Waals surface area contributed by atoms with Gasteiger partial charge in [-0.2, -0.15) is 0 Å². The molecule has 0 unspecified atom stereocenters. The number of aryl methyl sites for hydroxylation is 1. The maximum atomic E-state index is 12.9. The molecule has 28 heavy (non-hydrogen) atoms. The Morgan fingerprint density at radius 1 is 1.04 bits per heavy atom. The number of carbonyl (C=O) groups excluding carboxylic acids is 1. The number of carbonyl (C=O) groups is 1. The summed E-state index contributed by atoms with van der Waals surface area (Å²) >= 11 is 0. The predicted octanol–water partition coefficient (Wildman–Crippen LogP) is 2.14. The van der Waals surface area contributed by atoms with Gasteiger partial charge in [-0.05, 0) is 36.8 Å². The summed E-state index contributed by atoms with van der Waals surface area (Å²) in [6.07, 6.45) is 0. The fourth-order valence-corrected chi connectivity index (χ4v) is 4.31. The number of hydrogen-bond donors (Lipinski definition) is 0. The summed E-state index contributed by atoms with van der Waals surface area (Å²) in [4.78, 5) is 21.8. The van der Waals surface area contributed by atoms with Gasteiger partial charge >= 0.3 is 0 Å². The largest absolute Gasteiger partial charge is 0.368 e. The lowest BCUT2D eigenvalue weighted by atomic mass is 10.1. The van der Waals surface area contributed by atoms with E-state index < -0.39 is 10.0 Å². The van der Waals surface area contributed by atoms with Crippen molar-refractivity contribution in [1.29, 1.82) is 0 Å². The van der Waals surface area contributed by atoms with Crippen molar-refractivity contribution in [1.82, 2.24) is 9.37 Å². The summed E-state index contributed by atoms with van der Waals surface area (Å²) in [5.74, 6) is -0.165. The van der Waals surface area contributed by atoms with Crippen molar-refractivity contribution in [2.75, 3.05) is 45.2 Å². The quantitative estimate of drug-likeness (QED) is 0.716. The van der Waals surface area contributed by atoms with E-state index in [1.54, 1.807) is 17.0 Å². The van der Waals surface area contributed by atoms with Crippen LogP contribution in [0.4, 0.5) is 5.69 Å². The van der Waals surface area contributed by atoms with Gasteiger partial charge in [0.25, 0.3) is 15.9 Å². The molecule has 0 saturated carbocycles. The molecule has 1 amide bonds.